The van der Waals surface area contributed by atoms with E-state index in [1.807, 2.05) is 44.2 Å². The Kier molecular flexibility index (Phi) is 6.03. The second kappa shape index (κ2) is 8.96. The molecule has 1 aromatic heterocycles. The van der Waals surface area contributed by atoms with Crippen molar-refractivity contribution in [1.82, 2.24) is 4.98 Å². The van der Waals surface area contributed by atoms with E-state index in [0.717, 1.165) is 38.7 Å². The van der Waals surface area contributed by atoms with Crippen LogP contribution in [0.25, 0.3) is 33.2 Å². The van der Waals surface area contributed by atoms with Crippen molar-refractivity contribution in [1.29, 1.82) is 0 Å². The first kappa shape index (κ1) is 24.9. The summed E-state index contributed by atoms with van der Waals surface area (Å²) in [6.07, 6.45) is 2.97. The molecule has 0 aliphatic carbocycles. The number of aromatic nitrogens is 1. The molecule has 0 spiro atoms. The molecule has 0 bridgehead atoms. The molecule has 5 rings (SSSR count). The van der Waals surface area contributed by atoms with Crippen LogP contribution in [0, 0.1) is 0 Å². The fourth-order valence-electron chi connectivity index (χ4n) is 4.97. The average molecular weight is 512 g/mol. The summed E-state index contributed by atoms with van der Waals surface area (Å²) >= 11 is 0. The monoisotopic (exact) mass is 511 g/mol. The summed E-state index contributed by atoms with van der Waals surface area (Å²) < 4.78 is 29.7. The highest BCUT2D eigenvalue weighted by molar-refractivity contribution is 7.90. The summed E-state index contributed by atoms with van der Waals surface area (Å²) in [6, 6.07) is 22.9. The number of rotatable bonds is 5. The summed E-state index contributed by atoms with van der Waals surface area (Å²) in [5.41, 5.74) is 5.92. The van der Waals surface area contributed by atoms with E-state index < -0.39 is 21.4 Å². The number of pyridine rings is 1. The molecule has 188 valence electrons. The minimum Gasteiger partial charge on any atom is -0.451 e. The van der Waals surface area contributed by atoms with E-state index in [-0.39, 0.29) is 4.90 Å². The van der Waals surface area contributed by atoms with Gasteiger partial charge >= 0.3 is 5.97 Å². The Labute approximate surface area is 217 Å². The molecular formula is C31H29NO4S. The highest BCUT2D eigenvalue weighted by Gasteiger charge is 2.41. The zero-order valence-corrected chi connectivity index (χ0v) is 22.4. The summed E-state index contributed by atoms with van der Waals surface area (Å²) in [7, 11) is -3.33. The van der Waals surface area contributed by atoms with E-state index in [1.165, 1.54) is 11.8 Å². The van der Waals surface area contributed by atoms with E-state index in [4.69, 9.17) is 4.74 Å². The van der Waals surface area contributed by atoms with E-state index in [1.54, 1.807) is 30.5 Å². The van der Waals surface area contributed by atoms with Gasteiger partial charge in [-0.05, 0) is 78.4 Å². The predicted molar refractivity (Wildman–Crippen MR) is 148 cm³/mol. The molecule has 0 saturated heterocycles. The van der Waals surface area contributed by atoms with Crippen LogP contribution >= 0.6 is 0 Å². The van der Waals surface area contributed by atoms with Gasteiger partial charge in [0.05, 0.1) is 16.0 Å². The van der Waals surface area contributed by atoms with Gasteiger partial charge in [0.1, 0.15) is 5.60 Å². The van der Waals surface area contributed by atoms with E-state index in [9.17, 15) is 13.2 Å². The van der Waals surface area contributed by atoms with Gasteiger partial charge in [-0.3, -0.25) is 4.98 Å². The first-order chi connectivity index (χ1) is 17.5. The molecule has 0 unspecified atom stereocenters. The van der Waals surface area contributed by atoms with Gasteiger partial charge in [0.25, 0.3) is 0 Å². The molecule has 0 amide bonds. The number of hydrogen-bond donors (Lipinski definition) is 0. The second-order valence-electron chi connectivity index (χ2n) is 10.3. The molecule has 0 fully saturated rings. The molecule has 5 nitrogen and oxygen atoms in total. The number of benzene rings is 3. The number of fused-ring (bicyclic) bond motifs is 1. The zero-order valence-electron chi connectivity index (χ0n) is 21.6. The number of carbonyl (C=O) groups is 1. The molecule has 6 heteroatoms. The molecule has 2 heterocycles. The molecule has 0 radical (unpaired) electrons. The summed E-state index contributed by atoms with van der Waals surface area (Å²) in [5.74, 6) is -0.0513. The van der Waals surface area contributed by atoms with Gasteiger partial charge in [0.15, 0.2) is 9.84 Å². The van der Waals surface area contributed by atoms with E-state index >= 15 is 0 Å². The number of carbonyl (C=O) groups excluding carboxylic acids is 1. The average Bonchev–Trinajstić information content (AvgIpc) is 3.10. The second-order valence-corrected chi connectivity index (χ2v) is 12.3. The minimum atomic E-state index is -3.33. The van der Waals surface area contributed by atoms with Crippen LogP contribution in [0.5, 0.6) is 0 Å². The van der Waals surface area contributed by atoms with Crippen LogP contribution in [0.2, 0.25) is 0 Å². The number of sulfone groups is 1. The summed E-state index contributed by atoms with van der Waals surface area (Å²) in [5, 5.41) is 1.07. The molecule has 1 aliphatic rings. The lowest BCUT2D eigenvalue weighted by Crippen LogP contribution is -2.22. The minimum absolute atomic E-state index is 0.229. The normalized spacial score (nSPS) is 15.5. The van der Waals surface area contributed by atoms with Gasteiger partial charge < -0.3 is 4.74 Å². The number of nitrogens with zero attached hydrogens (tertiary/aromatic N) is 1. The maximum absolute atomic E-state index is 13.2. The van der Waals surface area contributed by atoms with Crippen molar-refractivity contribution < 1.29 is 17.9 Å². The number of esters is 1. The Bertz CT molecular complexity index is 1680. The van der Waals surface area contributed by atoms with E-state index in [2.05, 4.69) is 37.0 Å². The van der Waals surface area contributed by atoms with Crippen LogP contribution in [0.4, 0.5) is 0 Å². The lowest BCUT2D eigenvalue weighted by molar-refractivity contribution is -0.141. The smallest absolute Gasteiger partial charge is 0.340 e. The van der Waals surface area contributed by atoms with Crippen LogP contribution in [0.3, 0.4) is 0 Å². The Morgan fingerprint density at radius 2 is 1.57 bits per heavy atom. The third-order valence-electron chi connectivity index (χ3n) is 6.83. The van der Waals surface area contributed by atoms with Crippen molar-refractivity contribution in [2.45, 2.75) is 44.1 Å². The lowest BCUT2D eigenvalue weighted by atomic mass is 9.86. The van der Waals surface area contributed by atoms with E-state index in [0.29, 0.717) is 11.5 Å². The third kappa shape index (κ3) is 4.58. The Morgan fingerprint density at radius 1 is 0.865 bits per heavy atom. The molecule has 0 saturated carbocycles. The first-order valence-electron chi connectivity index (χ1n) is 12.2. The topological polar surface area (TPSA) is 73.3 Å². The molecular weight excluding hydrogens is 482 g/mol. The third-order valence-corrected chi connectivity index (χ3v) is 7.96. The van der Waals surface area contributed by atoms with Crippen LogP contribution in [-0.4, -0.2) is 31.2 Å². The molecule has 0 N–H and O–H groups in total. The zero-order chi connectivity index (χ0) is 26.5. The fourth-order valence-corrected chi connectivity index (χ4v) is 5.60. The van der Waals surface area contributed by atoms with Crippen LogP contribution in [-0.2, 0) is 19.4 Å². The molecule has 3 aromatic carbocycles. The highest BCUT2D eigenvalue weighted by atomic mass is 32.2. The van der Waals surface area contributed by atoms with Crippen LogP contribution in [0.1, 0.15) is 50.3 Å². The van der Waals surface area contributed by atoms with Crippen LogP contribution < -0.4 is 0 Å². The molecule has 4 aromatic rings. The Morgan fingerprint density at radius 3 is 2.24 bits per heavy atom. The number of cyclic esters (lactones) is 1. The van der Waals surface area contributed by atoms with Crippen molar-refractivity contribution in [2.24, 2.45) is 0 Å². The van der Waals surface area contributed by atoms with Crippen LogP contribution in [0.15, 0.2) is 83.9 Å². The quantitative estimate of drug-likeness (QED) is 0.280. The maximum atomic E-state index is 13.2. The van der Waals surface area contributed by atoms with Crippen molar-refractivity contribution in [3.05, 3.63) is 95.7 Å². The molecule has 37 heavy (non-hydrogen) atoms. The predicted octanol–water partition coefficient (Wildman–Crippen LogP) is 6.67. The number of ether oxygens (including phenoxy) is 1. The Hall–Kier alpha value is -3.77. The van der Waals surface area contributed by atoms with Gasteiger partial charge in [-0.25, -0.2) is 13.2 Å². The highest BCUT2D eigenvalue weighted by Crippen LogP contribution is 2.44. The molecule has 1 aliphatic heterocycles. The van der Waals surface area contributed by atoms with Crippen molar-refractivity contribution in [3.8, 4) is 11.1 Å². The van der Waals surface area contributed by atoms with Gasteiger partial charge in [-0.1, -0.05) is 50.2 Å². The van der Waals surface area contributed by atoms with Crippen molar-refractivity contribution >= 4 is 37.9 Å². The van der Waals surface area contributed by atoms with Gasteiger partial charge in [0, 0.05) is 29.0 Å². The summed E-state index contributed by atoms with van der Waals surface area (Å²) in [6.45, 7) is 8.04. The maximum Gasteiger partial charge on any atom is 0.340 e. The summed E-state index contributed by atoms with van der Waals surface area (Å²) in [4.78, 5) is 18.1. The number of hydrogen-bond acceptors (Lipinski definition) is 5. The van der Waals surface area contributed by atoms with Gasteiger partial charge in [-0.15, -0.1) is 0 Å². The molecule has 0 atom stereocenters. The first-order valence-corrected chi connectivity index (χ1v) is 14.1. The largest absolute Gasteiger partial charge is 0.451 e. The Balaban J connectivity index is 1.71. The standard InChI is InChI=1S/C31H29NO4S/c1-19(2)24-17-23-10-7-15-32-29(23)26(18-24)21-8-6-9-22(16-21)27-28(31(3,4)36-30(27)33)20-11-13-25(14-12-20)37(5,34)35/h6-19H,1-5H3. The SMILES string of the molecule is CC(C)c1cc(-c2cccc(C3=C(c4ccc(S(C)(=O)=O)cc4)C(C)(C)OC3=O)c2)c2ncccc2c1. The van der Waals surface area contributed by atoms with Crippen molar-refractivity contribution in [2.75, 3.05) is 6.26 Å². The van der Waals surface area contributed by atoms with Gasteiger partial charge in [0.2, 0.25) is 0 Å². The lowest BCUT2D eigenvalue weighted by Gasteiger charge is -2.22. The van der Waals surface area contributed by atoms with Gasteiger partial charge in [-0.2, -0.15) is 0 Å². The van der Waals surface area contributed by atoms with Crippen molar-refractivity contribution in [3.63, 3.8) is 0 Å². The fraction of sp³-hybridized carbons (Fsp3) is 0.226.